The van der Waals surface area contributed by atoms with Crippen LogP contribution < -0.4 is 0 Å². The Morgan fingerprint density at radius 1 is 1.27 bits per heavy atom. The summed E-state index contributed by atoms with van der Waals surface area (Å²) in [5.74, 6) is 0.179. The van der Waals surface area contributed by atoms with Crippen LogP contribution in [0, 0.1) is 13.8 Å². The Balaban J connectivity index is 1.57. The monoisotopic (exact) mass is 333 g/mol. The number of carbonyl (C=O) groups is 2. The molecule has 0 saturated heterocycles. The van der Waals surface area contributed by atoms with Crippen molar-refractivity contribution in [2.45, 2.75) is 39.7 Å². The van der Waals surface area contributed by atoms with E-state index in [1.807, 2.05) is 24.8 Å². The fraction of sp³-hybridized carbons (Fsp3) is 0.412. The highest BCUT2D eigenvalue weighted by Gasteiger charge is 2.22. The van der Waals surface area contributed by atoms with Gasteiger partial charge in [0.15, 0.2) is 5.78 Å². The predicted octanol–water partition coefficient (Wildman–Crippen LogP) is 3.97. The molecule has 3 nitrogen and oxygen atoms in total. The summed E-state index contributed by atoms with van der Waals surface area (Å²) in [7, 11) is 0. The van der Waals surface area contributed by atoms with Gasteiger partial charge >= 0.3 is 0 Å². The second kappa shape index (κ2) is 6.34. The topological polar surface area (TPSA) is 37.4 Å². The maximum Gasteiger partial charge on any atom is 0.223 e. The number of hydrogen-bond donors (Lipinski definition) is 0. The molecule has 2 aromatic heterocycles. The molecule has 3 rings (SSSR count). The van der Waals surface area contributed by atoms with E-state index < -0.39 is 0 Å². The molecular weight excluding hydrogens is 314 g/mol. The van der Waals surface area contributed by atoms with E-state index in [9.17, 15) is 9.59 Å². The second-order valence-corrected chi connectivity index (χ2v) is 8.15. The molecule has 0 bridgehead atoms. The molecule has 2 aromatic rings. The molecule has 1 aliphatic rings. The summed E-state index contributed by atoms with van der Waals surface area (Å²) >= 11 is 3.41. The standard InChI is InChI=1S/C17H19NO2S2/c1-11-9-14(12(2)22-11)15(19)3-4-17(20)18-7-5-16-13(10-18)6-8-21-16/h6,8-9H,3-5,7,10H2,1-2H3. The van der Waals surface area contributed by atoms with Gasteiger partial charge in [0.1, 0.15) is 0 Å². The summed E-state index contributed by atoms with van der Waals surface area (Å²) in [5, 5.41) is 2.09. The quantitative estimate of drug-likeness (QED) is 0.794. The molecule has 0 atom stereocenters. The fourth-order valence-corrected chi connectivity index (χ4v) is 4.71. The van der Waals surface area contributed by atoms with Crippen molar-refractivity contribution in [2.75, 3.05) is 6.54 Å². The summed E-state index contributed by atoms with van der Waals surface area (Å²) in [4.78, 5) is 30.1. The number of amides is 1. The Bertz CT molecular complexity index is 714. The van der Waals surface area contributed by atoms with Gasteiger partial charge in [0, 0.05) is 46.1 Å². The van der Waals surface area contributed by atoms with Gasteiger partial charge in [0.2, 0.25) is 5.91 Å². The molecule has 3 heterocycles. The number of rotatable bonds is 4. The first kappa shape index (κ1) is 15.4. The predicted molar refractivity (Wildman–Crippen MR) is 90.8 cm³/mol. The van der Waals surface area contributed by atoms with Crippen LogP contribution in [0.25, 0.3) is 0 Å². The Morgan fingerprint density at radius 2 is 2.09 bits per heavy atom. The van der Waals surface area contributed by atoms with E-state index in [2.05, 4.69) is 11.4 Å². The summed E-state index contributed by atoms with van der Waals surface area (Å²) < 4.78 is 0. The molecule has 5 heteroatoms. The maximum absolute atomic E-state index is 12.3. The zero-order valence-corrected chi connectivity index (χ0v) is 14.5. The molecule has 116 valence electrons. The number of Topliss-reactive ketones (excluding diaryl/α,β-unsaturated/α-hetero) is 1. The largest absolute Gasteiger partial charge is 0.338 e. The first-order chi connectivity index (χ1) is 10.5. The van der Waals surface area contributed by atoms with E-state index in [1.165, 1.54) is 10.4 Å². The first-order valence-electron chi connectivity index (χ1n) is 7.48. The second-order valence-electron chi connectivity index (χ2n) is 5.68. The van der Waals surface area contributed by atoms with E-state index in [4.69, 9.17) is 0 Å². The summed E-state index contributed by atoms with van der Waals surface area (Å²) in [6, 6.07) is 4.04. The number of ketones is 1. The Hall–Kier alpha value is -1.46. The van der Waals surface area contributed by atoms with E-state index in [1.54, 1.807) is 22.7 Å². The lowest BCUT2D eigenvalue weighted by molar-refractivity contribution is -0.132. The van der Waals surface area contributed by atoms with Crippen LogP contribution >= 0.6 is 22.7 Å². The van der Waals surface area contributed by atoms with E-state index >= 15 is 0 Å². The summed E-state index contributed by atoms with van der Waals surface area (Å²) in [5.41, 5.74) is 2.05. The van der Waals surface area contributed by atoms with Gasteiger partial charge in [0.05, 0.1) is 0 Å². The molecule has 0 aliphatic carbocycles. The molecular formula is C17H19NO2S2. The molecule has 22 heavy (non-hydrogen) atoms. The number of aryl methyl sites for hydroxylation is 2. The zero-order chi connectivity index (χ0) is 15.7. The minimum Gasteiger partial charge on any atom is -0.338 e. The molecule has 0 unspecified atom stereocenters. The Morgan fingerprint density at radius 3 is 2.82 bits per heavy atom. The number of carbonyl (C=O) groups excluding carboxylic acids is 2. The molecule has 0 aromatic carbocycles. The van der Waals surface area contributed by atoms with Gasteiger partial charge in [-0.15, -0.1) is 22.7 Å². The third-order valence-electron chi connectivity index (χ3n) is 4.07. The molecule has 0 spiro atoms. The van der Waals surface area contributed by atoms with Gasteiger partial charge in [-0.05, 0) is 43.3 Å². The lowest BCUT2D eigenvalue weighted by atomic mass is 10.1. The van der Waals surface area contributed by atoms with Crippen LogP contribution in [0.15, 0.2) is 17.5 Å². The van der Waals surface area contributed by atoms with Crippen LogP contribution in [0.4, 0.5) is 0 Å². The summed E-state index contributed by atoms with van der Waals surface area (Å²) in [6.45, 7) is 5.45. The van der Waals surface area contributed by atoms with Gasteiger partial charge in [-0.1, -0.05) is 0 Å². The van der Waals surface area contributed by atoms with Crippen molar-refractivity contribution in [1.29, 1.82) is 0 Å². The summed E-state index contributed by atoms with van der Waals surface area (Å²) in [6.07, 6.45) is 1.56. The van der Waals surface area contributed by atoms with E-state index in [0.717, 1.165) is 28.3 Å². The molecule has 0 radical (unpaired) electrons. The average molecular weight is 333 g/mol. The van der Waals surface area contributed by atoms with E-state index in [-0.39, 0.29) is 11.7 Å². The van der Waals surface area contributed by atoms with Gasteiger partial charge in [-0.25, -0.2) is 0 Å². The minimum atomic E-state index is 0.0865. The third kappa shape index (κ3) is 3.15. The normalized spacial score (nSPS) is 14.0. The lowest BCUT2D eigenvalue weighted by Crippen LogP contribution is -2.35. The third-order valence-corrected chi connectivity index (χ3v) is 6.06. The average Bonchev–Trinajstić information content (AvgIpc) is 3.09. The van der Waals surface area contributed by atoms with Crippen LogP contribution in [0.5, 0.6) is 0 Å². The maximum atomic E-state index is 12.3. The van der Waals surface area contributed by atoms with Crippen molar-refractivity contribution in [1.82, 2.24) is 4.90 Å². The Labute approximate surface area is 138 Å². The van der Waals surface area contributed by atoms with E-state index in [0.29, 0.717) is 19.4 Å². The number of nitrogens with zero attached hydrogens (tertiary/aromatic N) is 1. The molecule has 0 N–H and O–H groups in total. The highest BCUT2D eigenvalue weighted by molar-refractivity contribution is 7.12. The van der Waals surface area contributed by atoms with Gasteiger partial charge in [0.25, 0.3) is 0 Å². The van der Waals surface area contributed by atoms with Crippen molar-refractivity contribution in [3.05, 3.63) is 43.3 Å². The minimum absolute atomic E-state index is 0.0865. The van der Waals surface area contributed by atoms with Crippen molar-refractivity contribution >= 4 is 34.4 Å². The van der Waals surface area contributed by atoms with Gasteiger partial charge in [-0.2, -0.15) is 0 Å². The molecule has 0 fully saturated rings. The highest BCUT2D eigenvalue weighted by atomic mass is 32.1. The Kier molecular flexibility index (Phi) is 4.45. The SMILES string of the molecule is Cc1cc(C(=O)CCC(=O)N2CCc3sccc3C2)c(C)s1. The number of hydrogen-bond acceptors (Lipinski definition) is 4. The van der Waals surface area contributed by atoms with Crippen LogP contribution in [0.2, 0.25) is 0 Å². The van der Waals surface area contributed by atoms with Gasteiger partial charge < -0.3 is 4.90 Å². The smallest absolute Gasteiger partial charge is 0.223 e. The van der Waals surface area contributed by atoms with Crippen molar-refractivity contribution in [2.24, 2.45) is 0 Å². The zero-order valence-electron chi connectivity index (χ0n) is 12.8. The van der Waals surface area contributed by atoms with Crippen molar-refractivity contribution in [3.63, 3.8) is 0 Å². The van der Waals surface area contributed by atoms with Crippen LogP contribution in [-0.2, 0) is 17.8 Å². The van der Waals surface area contributed by atoms with Crippen molar-refractivity contribution < 1.29 is 9.59 Å². The van der Waals surface area contributed by atoms with Crippen molar-refractivity contribution in [3.8, 4) is 0 Å². The lowest BCUT2D eigenvalue weighted by Gasteiger charge is -2.27. The fourth-order valence-electron chi connectivity index (χ4n) is 2.88. The van der Waals surface area contributed by atoms with Crippen LogP contribution in [-0.4, -0.2) is 23.1 Å². The highest BCUT2D eigenvalue weighted by Crippen LogP contribution is 2.25. The number of fused-ring (bicyclic) bond motifs is 1. The van der Waals surface area contributed by atoms with Crippen LogP contribution in [0.3, 0.4) is 0 Å². The molecule has 1 aliphatic heterocycles. The first-order valence-corrected chi connectivity index (χ1v) is 9.17. The molecule has 0 saturated carbocycles. The molecule has 1 amide bonds. The number of thiophene rings is 2. The van der Waals surface area contributed by atoms with Gasteiger partial charge in [-0.3, -0.25) is 9.59 Å². The van der Waals surface area contributed by atoms with Crippen LogP contribution in [0.1, 0.15) is 43.4 Å².